The maximum Gasteiger partial charge on any atom is 0.146 e. The van der Waals surface area contributed by atoms with Crippen LogP contribution in [0.4, 0.5) is 10.1 Å². The number of thiophene rings is 1. The highest BCUT2D eigenvalue weighted by Crippen LogP contribution is 2.25. The van der Waals surface area contributed by atoms with Crippen molar-refractivity contribution in [3.63, 3.8) is 0 Å². The summed E-state index contributed by atoms with van der Waals surface area (Å²) in [6.07, 6.45) is 0. The summed E-state index contributed by atoms with van der Waals surface area (Å²) in [6, 6.07) is 8.98. The van der Waals surface area contributed by atoms with Crippen LogP contribution in [0.5, 0.6) is 0 Å². The van der Waals surface area contributed by atoms with E-state index in [1.165, 1.54) is 10.9 Å². The Balaban J connectivity index is 2.20. The highest BCUT2D eigenvalue weighted by atomic mass is 79.9. The monoisotopic (exact) mass is 313 g/mol. The van der Waals surface area contributed by atoms with Crippen LogP contribution in [-0.2, 0) is 6.54 Å². The topological polar surface area (TPSA) is 3.24 Å². The van der Waals surface area contributed by atoms with Crippen LogP contribution < -0.4 is 4.90 Å². The number of hydrogen-bond donors (Lipinski definition) is 0. The zero-order valence-electron chi connectivity index (χ0n) is 9.49. The third-order valence-corrected chi connectivity index (χ3v) is 4.23. The van der Waals surface area contributed by atoms with Gasteiger partial charge in [-0.3, -0.25) is 0 Å². The normalized spacial score (nSPS) is 10.5. The molecule has 1 heterocycles. The van der Waals surface area contributed by atoms with Crippen molar-refractivity contribution in [3.8, 4) is 0 Å². The Bertz CT molecular complexity index is 498. The van der Waals surface area contributed by atoms with Gasteiger partial charge in [0.15, 0.2) is 0 Å². The van der Waals surface area contributed by atoms with Crippen molar-refractivity contribution in [1.29, 1.82) is 0 Å². The van der Waals surface area contributed by atoms with Crippen LogP contribution in [0.3, 0.4) is 0 Å². The number of nitrogens with zero attached hydrogens (tertiary/aromatic N) is 1. The van der Waals surface area contributed by atoms with Crippen LogP contribution in [0, 0.1) is 5.82 Å². The second kappa shape index (κ2) is 5.65. The second-order valence-corrected chi connectivity index (χ2v) is 5.61. The molecule has 1 aromatic heterocycles. The van der Waals surface area contributed by atoms with E-state index in [4.69, 9.17) is 0 Å². The third kappa shape index (κ3) is 3.07. The van der Waals surface area contributed by atoms with Gasteiger partial charge in [-0.25, -0.2) is 4.39 Å². The molecule has 0 amide bonds. The van der Waals surface area contributed by atoms with Gasteiger partial charge in [0.1, 0.15) is 5.82 Å². The molecule has 1 aromatic carbocycles. The SMILES string of the molecule is CCN(Cc1cc(Br)cs1)c1ccccc1F. The van der Waals surface area contributed by atoms with Gasteiger partial charge in [0.05, 0.1) is 12.2 Å². The molecule has 4 heteroatoms. The zero-order chi connectivity index (χ0) is 12.3. The first-order valence-corrected chi connectivity index (χ1v) is 7.10. The predicted octanol–water partition coefficient (Wildman–Crippen LogP) is 4.68. The van der Waals surface area contributed by atoms with Crippen molar-refractivity contribution >= 4 is 33.0 Å². The molecule has 0 N–H and O–H groups in total. The van der Waals surface area contributed by atoms with E-state index < -0.39 is 0 Å². The summed E-state index contributed by atoms with van der Waals surface area (Å²) in [5.74, 6) is -0.162. The zero-order valence-corrected chi connectivity index (χ0v) is 11.9. The summed E-state index contributed by atoms with van der Waals surface area (Å²) in [5.41, 5.74) is 0.666. The van der Waals surface area contributed by atoms with Gasteiger partial charge in [0.2, 0.25) is 0 Å². The van der Waals surface area contributed by atoms with Crippen molar-refractivity contribution in [2.45, 2.75) is 13.5 Å². The average molecular weight is 314 g/mol. The Labute approximate surface area is 113 Å². The van der Waals surface area contributed by atoms with Crippen LogP contribution in [0.1, 0.15) is 11.8 Å². The van der Waals surface area contributed by atoms with Crippen LogP contribution in [0.15, 0.2) is 40.2 Å². The van der Waals surface area contributed by atoms with Crippen molar-refractivity contribution in [2.24, 2.45) is 0 Å². The highest BCUT2D eigenvalue weighted by Gasteiger charge is 2.10. The first kappa shape index (κ1) is 12.6. The molecule has 17 heavy (non-hydrogen) atoms. The number of hydrogen-bond acceptors (Lipinski definition) is 2. The number of para-hydroxylation sites is 1. The molecule has 0 atom stereocenters. The van der Waals surface area contributed by atoms with Gasteiger partial charge in [-0.05, 0) is 41.1 Å². The molecule has 0 aliphatic rings. The van der Waals surface area contributed by atoms with Crippen molar-refractivity contribution < 1.29 is 4.39 Å². The molecule has 1 nitrogen and oxygen atoms in total. The van der Waals surface area contributed by atoms with Gasteiger partial charge in [-0.1, -0.05) is 12.1 Å². The minimum atomic E-state index is -0.162. The predicted molar refractivity (Wildman–Crippen MR) is 75.1 cm³/mol. The van der Waals surface area contributed by atoms with E-state index in [-0.39, 0.29) is 5.82 Å². The molecule has 0 radical (unpaired) electrons. The molecule has 0 unspecified atom stereocenters. The van der Waals surface area contributed by atoms with E-state index in [1.807, 2.05) is 29.3 Å². The second-order valence-electron chi connectivity index (χ2n) is 3.70. The minimum Gasteiger partial charge on any atom is -0.364 e. The van der Waals surface area contributed by atoms with Gasteiger partial charge in [-0.2, -0.15) is 0 Å². The lowest BCUT2D eigenvalue weighted by atomic mass is 10.2. The molecule has 0 aliphatic heterocycles. The third-order valence-electron chi connectivity index (χ3n) is 2.54. The van der Waals surface area contributed by atoms with Crippen LogP contribution in [0.2, 0.25) is 0 Å². The Morgan fingerprint density at radius 3 is 2.71 bits per heavy atom. The number of halogens is 2. The summed E-state index contributed by atoms with van der Waals surface area (Å²) in [7, 11) is 0. The van der Waals surface area contributed by atoms with E-state index in [1.54, 1.807) is 17.4 Å². The number of rotatable bonds is 4. The molecule has 0 saturated carbocycles. The molecule has 2 aromatic rings. The van der Waals surface area contributed by atoms with Gasteiger partial charge in [0.25, 0.3) is 0 Å². The van der Waals surface area contributed by atoms with Crippen LogP contribution >= 0.6 is 27.3 Å². The Kier molecular flexibility index (Phi) is 4.18. The fourth-order valence-corrected chi connectivity index (χ4v) is 3.17. The largest absolute Gasteiger partial charge is 0.364 e. The summed E-state index contributed by atoms with van der Waals surface area (Å²) >= 11 is 5.12. The van der Waals surface area contributed by atoms with Gasteiger partial charge >= 0.3 is 0 Å². The average Bonchev–Trinajstić information content (AvgIpc) is 2.73. The lowest BCUT2D eigenvalue weighted by Gasteiger charge is -2.22. The smallest absolute Gasteiger partial charge is 0.146 e. The summed E-state index contributed by atoms with van der Waals surface area (Å²) in [6.45, 7) is 3.57. The van der Waals surface area contributed by atoms with Crippen molar-refractivity contribution in [2.75, 3.05) is 11.4 Å². The molecule has 0 saturated heterocycles. The fourth-order valence-electron chi connectivity index (χ4n) is 1.70. The maximum absolute atomic E-state index is 13.7. The maximum atomic E-state index is 13.7. The van der Waals surface area contributed by atoms with E-state index >= 15 is 0 Å². The molecule has 0 bridgehead atoms. The number of anilines is 1. The summed E-state index contributed by atoms with van der Waals surface area (Å²) in [5, 5.41) is 2.05. The van der Waals surface area contributed by atoms with Crippen molar-refractivity contribution in [3.05, 3.63) is 50.9 Å². The molecular weight excluding hydrogens is 301 g/mol. The number of benzene rings is 1. The lowest BCUT2D eigenvalue weighted by Crippen LogP contribution is -2.22. The Hall–Kier alpha value is -0.870. The quantitative estimate of drug-likeness (QED) is 0.792. The first-order chi connectivity index (χ1) is 8.20. The molecule has 90 valence electrons. The van der Waals surface area contributed by atoms with E-state index in [2.05, 4.69) is 22.0 Å². The highest BCUT2D eigenvalue weighted by molar-refractivity contribution is 9.10. The van der Waals surface area contributed by atoms with E-state index in [9.17, 15) is 4.39 Å². The fraction of sp³-hybridized carbons (Fsp3) is 0.231. The molecular formula is C13H13BrFNS. The van der Waals surface area contributed by atoms with Gasteiger partial charge < -0.3 is 4.90 Å². The molecule has 2 rings (SSSR count). The van der Waals surface area contributed by atoms with E-state index in [0.717, 1.165) is 17.6 Å². The summed E-state index contributed by atoms with van der Waals surface area (Å²) in [4.78, 5) is 3.26. The van der Waals surface area contributed by atoms with Gasteiger partial charge in [-0.15, -0.1) is 11.3 Å². The standard InChI is InChI=1S/C13H13BrFNS/c1-2-16(8-11-7-10(14)9-17-11)13-6-4-3-5-12(13)15/h3-7,9H,2,8H2,1H3. The minimum absolute atomic E-state index is 0.162. The van der Waals surface area contributed by atoms with Crippen LogP contribution in [0.25, 0.3) is 0 Å². The van der Waals surface area contributed by atoms with Crippen LogP contribution in [-0.4, -0.2) is 6.54 Å². The first-order valence-electron chi connectivity index (χ1n) is 5.43. The van der Waals surface area contributed by atoms with E-state index in [0.29, 0.717) is 5.69 Å². The Morgan fingerprint density at radius 1 is 1.35 bits per heavy atom. The molecule has 0 spiro atoms. The Morgan fingerprint density at radius 2 is 2.12 bits per heavy atom. The summed E-state index contributed by atoms with van der Waals surface area (Å²) < 4.78 is 14.8. The van der Waals surface area contributed by atoms with Crippen molar-refractivity contribution in [1.82, 2.24) is 0 Å². The van der Waals surface area contributed by atoms with Gasteiger partial charge in [0, 0.05) is 21.3 Å². The lowest BCUT2D eigenvalue weighted by molar-refractivity contribution is 0.618. The molecule has 0 fully saturated rings. The molecule has 0 aliphatic carbocycles.